The van der Waals surface area contributed by atoms with Crippen molar-refractivity contribution in [1.82, 2.24) is 5.32 Å². The summed E-state index contributed by atoms with van der Waals surface area (Å²) in [5.74, 6) is -2.52. The maximum atomic E-state index is 13.3. The summed E-state index contributed by atoms with van der Waals surface area (Å²) in [5.41, 5.74) is -0.104. The van der Waals surface area contributed by atoms with Crippen LogP contribution in [0.1, 0.15) is 0 Å². The third-order valence-corrected chi connectivity index (χ3v) is 2.03. The summed E-state index contributed by atoms with van der Waals surface area (Å²) < 4.78 is 13.3. The Morgan fingerprint density at radius 3 is 2.71 bits per heavy atom. The van der Waals surface area contributed by atoms with Crippen LogP contribution in [0, 0.1) is 5.82 Å². The van der Waals surface area contributed by atoms with Crippen LogP contribution in [0.3, 0.4) is 0 Å². The van der Waals surface area contributed by atoms with E-state index >= 15 is 0 Å². The molecule has 6 heteroatoms. The zero-order chi connectivity index (χ0) is 12.8. The number of hydrogen-bond acceptors (Lipinski definition) is 2. The fraction of sp³-hybridized carbons (Fsp3) is 0.0909. The maximum Gasteiger partial charge on any atom is 0.313 e. The molecule has 90 valence electrons. The molecule has 0 aromatic heterocycles. The van der Waals surface area contributed by atoms with Crippen LogP contribution in [0.4, 0.5) is 10.1 Å². The van der Waals surface area contributed by atoms with Crippen molar-refractivity contribution in [2.45, 2.75) is 0 Å². The highest BCUT2D eigenvalue weighted by Crippen LogP contribution is 2.18. The molecule has 4 nitrogen and oxygen atoms in total. The number of carbonyl (C=O) groups excluding carboxylic acids is 2. The molecule has 1 aromatic rings. The highest BCUT2D eigenvalue weighted by atomic mass is 35.5. The molecule has 0 fully saturated rings. The molecule has 0 saturated heterocycles. The van der Waals surface area contributed by atoms with E-state index in [-0.39, 0.29) is 17.3 Å². The van der Waals surface area contributed by atoms with E-state index in [9.17, 15) is 14.0 Å². The minimum absolute atomic E-state index is 0.104. The van der Waals surface area contributed by atoms with E-state index in [1.165, 1.54) is 18.2 Å². The molecule has 0 aliphatic rings. The van der Waals surface area contributed by atoms with E-state index < -0.39 is 17.6 Å². The Balaban J connectivity index is 2.67. The SMILES string of the molecule is C=CCNC(=O)C(=O)Nc1ccc(Cl)cc1F. The topological polar surface area (TPSA) is 58.2 Å². The van der Waals surface area contributed by atoms with Gasteiger partial charge in [-0.1, -0.05) is 17.7 Å². The van der Waals surface area contributed by atoms with Crippen LogP contribution in [0.2, 0.25) is 5.02 Å². The first kappa shape index (κ1) is 13.2. The first-order valence-corrected chi connectivity index (χ1v) is 5.07. The summed E-state index contributed by atoms with van der Waals surface area (Å²) in [5, 5.41) is 4.60. The zero-order valence-corrected chi connectivity index (χ0v) is 9.55. The highest BCUT2D eigenvalue weighted by Gasteiger charge is 2.14. The molecular formula is C11H10ClFN2O2. The quantitative estimate of drug-likeness (QED) is 0.639. The maximum absolute atomic E-state index is 13.3. The molecule has 0 aliphatic carbocycles. The third-order valence-electron chi connectivity index (χ3n) is 1.79. The molecule has 1 aromatic carbocycles. The first-order valence-electron chi connectivity index (χ1n) is 4.69. The van der Waals surface area contributed by atoms with E-state index in [0.717, 1.165) is 6.07 Å². The van der Waals surface area contributed by atoms with Gasteiger partial charge < -0.3 is 10.6 Å². The van der Waals surface area contributed by atoms with E-state index in [2.05, 4.69) is 17.2 Å². The molecule has 0 atom stereocenters. The fourth-order valence-electron chi connectivity index (χ4n) is 1.02. The van der Waals surface area contributed by atoms with Gasteiger partial charge in [0.15, 0.2) is 0 Å². The molecule has 0 saturated carbocycles. The average molecular weight is 257 g/mol. The van der Waals surface area contributed by atoms with Crippen LogP contribution >= 0.6 is 11.6 Å². The number of amides is 2. The molecule has 0 radical (unpaired) electrons. The molecule has 0 aliphatic heterocycles. The normalized spacial score (nSPS) is 9.53. The Morgan fingerprint density at radius 2 is 2.12 bits per heavy atom. The van der Waals surface area contributed by atoms with Gasteiger partial charge in [0.2, 0.25) is 0 Å². The molecular weight excluding hydrogens is 247 g/mol. The second kappa shape index (κ2) is 6.00. The smallest absolute Gasteiger partial charge is 0.313 e. The van der Waals surface area contributed by atoms with Crippen LogP contribution < -0.4 is 10.6 Å². The van der Waals surface area contributed by atoms with Gasteiger partial charge in [-0.25, -0.2) is 4.39 Å². The van der Waals surface area contributed by atoms with Crippen LogP contribution in [0.5, 0.6) is 0 Å². The van der Waals surface area contributed by atoms with Gasteiger partial charge in [-0.15, -0.1) is 6.58 Å². The molecule has 1 rings (SSSR count). The third kappa shape index (κ3) is 3.88. The lowest BCUT2D eigenvalue weighted by molar-refractivity contribution is -0.136. The minimum atomic E-state index is -0.951. The molecule has 0 unspecified atom stereocenters. The fourth-order valence-corrected chi connectivity index (χ4v) is 1.17. The zero-order valence-electron chi connectivity index (χ0n) is 8.80. The number of anilines is 1. The first-order chi connectivity index (χ1) is 8.04. The number of hydrogen-bond donors (Lipinski definition) is 2. The Labute approximate surface area is 102 Å². The molecule has 2 amide bonds. The largest absolute Gasteiger partial charge is 0.344 e. The molecule has 0 heterocycles. The number of halogens is 2. The van der Waals surface area contributed by atoms with Crippen LogP contribution in [0.15, 0.2) is 30.9 Å². The predicted octanol–water partition coefficient (Wildman–Crippen LogP) is 1.72. The van der Waals surface area contributed by atoms with Gasteiger partial charge in [-0.05, 0) is 18.2 Å². The van der Waals surface area contributed by atoms with Crippen molar-refractivity contribution in [2.24, 2.45) is 0 Å². The van der Waals surface area contributed by atoms with Gasteiger partial charge in [-0.2, -0.15) is 0 Å². The number of rotatable bonds is 3. The monoisotopic (exact) mass is 256 g/mol. The van der Waals surface area contributed by atoms with Gasteiger partial charge >= 0.3 is 11.8 Å². The van der Waals surface area contributed by atoms with Crippen LogP contribution in [-0.2, 0) is 9.59 Å². The summed E-state index contributed by atoms with van der Waals surface area (Å²) in [6.07, 6.45) is 1.42. The molecule has 0 spiro atoms. The summed E-state index contributed by atoms with van der Waals surface area (Å²) in [6.45, 7) is 3.54. The summed E-state index contributed by atoms with van der Waals surface area (Å²) in [6, 6.07) is 3.72. The summed E-state index contributed by atoms with van der Waals surface area (Å²) in [4.78, 5) is 22.5. The van der Waals surface area contributed by atoms with Crippen LogP contribution in [0.25, 0.3) is 0 Å². The van der Waals surface area contributed by atoms with Crippen molar-refractivity contribution in [3.8, 4) is 0 Å². The average Bonchev–Trinajstić information content (AvgIpc) is 2.29. The Kier molecular flexibility index (Phi) is 4.66. The van der Waals surface area contributed by atoms with Crippen molar-refractivity contribution in [2.75, 3.05) is 11.9 Å². The van der Waals surface area contributed by atoms with E-state index in [0.29, 0.717) is 0 Å². The van der Waals surface area contributed by atoms with Crippen LogP contribution in [-0.4, -0.2) is 18.4 Å². The molecule has 2 N–H and O–H groups in total. The van der Waals surface area contributed by atoms with Gasteiger partial charge in [0, 0.05) is 11.6 Å². The van der Waals surface area contributed by atoms with E-state index in [1.54, 1.807) is 0 Å². The Hall–Kier alpha value is -1.88. The van der Waals surface area contributed by atoms with Crippen molar-refractivity contribution in [3.05, 3.63) is 41.7 Å². The summed E-state index contributed by atoms with van der Waals surface area (Å²) >= 11 is 5.54. The van der Waals surface area contributed by atoms with E-state index in [4.69, 9.17) is 11.6 Å². The van der Waals surface area contributed by atoms with Gasteiger partial charge in [0.25, 0.3) is 0 Å². The molecule has 0 bridgehead atoms. The Bertz CT molecular complexity index is 463. The lowest BCUT2D eigenvalue weighted by Gasteiger charge is -2.06. The van der Waals surface area contributed by atoms with E-state index in [1.807, 2.05) is 0 Å². The number of nitrogens with one attached hydrogen (secondary N) is 2. The number of carbonyl (C=O) groups is 2. The second-order valence-electron chi connectivity index (χ2n) is 3.08. The predicted molar refractivity (Wildman–Crippen MR) is 63.2 cm³/mol. The van der Waals surface area contributed by atoms with Gasteiger partial charge in [0.05, 0.1) is 5.69 Å². The minimum Gasteiger partial charge on any atom is -0.344 e. The lowest BCUT2D eigenvalue weighted by atomic mass is 10.3. The van der Waals surface area contributed by atoms with Crippen molar-refractivity contribution >= 4 is 29.1 Å². The second-order valence-corrected chi connectivity index (χ2v) is 3.51. The van der Waals surface area contributed by atoms with Gasteiger partial charge in [0.1, 0.15) is 5.82 Å². The van der Waals surface area contributed by atoms with Crippen molar-refractivity contribution in [3.63, 3.8) is 0 Å². The highest BCUT2D eigenvalue weighted by molar-refractivity contribution is 6.39. The van der Waals surface area contributed by atoms with Crippen molar-refractivity contribution < 1.29 is 14.0 Å². The van der Waals surface area contributed by atoms with Gasteiger partial charge in [-0.3, -0.25) is 9.59 Å². The van der Waals surface area contributed by atoms with Crippen molar-refractivity contribution in [1.29, 1.82) is 0 Å². The Morgan fingerprint density at radius 1 is 1.41 bits per heavy atom. The lowest BCUT2D eigenvalue weighted by Crippen LogP contribution is -2.35. The number of benzene rings is 1. The summed E-state index contributed by atoms with van der Waals surface area (Å²) in [7, 11) is 0. The standard InChI is InChI=1S/C11H10ClFN2O2/c1-2-5-14-10(16)11(17)15-9-4-3-7(12)6-8(9)13/h2-4,6H,1,5H2,(H,14,16)(H,15,17). The molecule has 17 heavy (non-hydrogen) atoms.